The van der Waals surface area contributed by atoms with Gasteiger partial charge in [-0.1, -0.05) is 61.9 Å². The average molecular weight is 402 g/mol. The SMILES string of the molecule is [C-]#[N+]Cc1nn(C)c(=O)c(-c2c(CC)cc(C)cc2CC)c1OCc1ccccc1. The maximum absolute atomic E-state index is 13.3. The predicted molar refractivity (Wildman–Crippen MR) is 119 cm³/mol. The average Bonchev–Trinajstić information content (AvgIpc) is 2.75. The first-order chi connectivity index (χ1) is 14.5. The molecule has 0 spiro atoms. The predicted octanol–water partition coefficient (Wildman–Crippen LogP) is 4.88. The Morgan fingerprint density at radius 2 is 1.70 bits per heavy atom. The standard InChI is InChI=1S/C25H27N3O2/c1-6-19-13-17(3)14-20(7-2)22(19)23-24(30-16-18-11-9-8-10-12-18)21(15-26-4)27-28(5)25(23)29/h8-14H,6-7,15-16H2,1-3,5H3. The normalized spacial score (nSPS) is 10.6. The molecule has 0 aliphatic carbocycles. The summed E-state index contributed by atoms with van der Waals surface area (Å²) in [4.78, 5) is 16.8. The number of ether oxygens (including phenoxy) is 1. The molecule has 0 bridgehead atoms. The third kappa shape index (κ3) is 4.28. The van der Waals surface area contributed by atoms with E-state index in [0.717, 1.165) is 35.1 Å². The molecule has 5 heteroatoms. The molecule has 0 saturated carbocycles. The zero-order valence-corrected chi connectivity index (χ0v) is 18.0. The number of rotatable bonds is 7. The van der Waals surface area contributed by atoms with E-state index < -0.39 is 0 Å². The van der Waals surface area contributed by atoms with E-state index in [2.05, 4.69) is 42.8 Å². The van der Waals surface area contributed by atoms with Gasteiger partial charge in [-0.3, -0.25) is 4.79 Å². The van der Waals surface area contributed by atoms with E-state index in [4.69, 9.17) is 11.3 Å². The maximum Gasteiger partial charge on any atom is 0.278 e. The molecule has 154 valence electrons. The number of nitrogens with zero attached hydrogens (tertiary/aromatic N) is 3. The number of benzene rings is 2. The van der Waals surface area contributed by atoms with Crippen LogP contribution in [-0.2, 0) is 33.0 Å². The van der Waals surface area contributed by atoms with E-state index in [1.54, 1.807) is 7.05 Å². The van der Waals surface area contributed by atoms with E-state index in [-0.39, 0.29) is 12.1 Å². The van der Waals surface area contributed by atoms with Gasteiger partial charge in [-0.25, -0.2) is 11.3 Å². The molecule has 0 N–H and O–H groups in total. The third-order valence-corrected chi connectivity index (χ3v) is 5.18. The van der Waals surface area contributed by atoms with Crippen LogP contribution < -0.4 is 10.3 Å². The van der Waals surface area contributed by atoms with Gasteiger partial charge in [0.1, 0.15) is 6.61 Å². The minimum Gasteiger partial charge on any atom is -0.486 e. The van der Waals surface area contributed by atoms with Crippen molar-refractivity contribution in [3.8, 4) is 16.9 Å². The van der Waals surface area contributed by atoms with Crippen molar-refractivity contribution in [1.29, 1.82) is 0 Å². The molecule has 0 aliphatic heterocycles. The first-order valence-electron chi connectivity index (χ1n) is 10.2. The van der Waals surface area contributed by atoms with Crippen LogP contribution in [0, 0.1) is 13.5 Å². The monoisotopic (exact) mass is 401 g/mol. The highest BCUT2D eigenvalue weighted by atomic mass is 16.5. The zero-order chi connectivity index (χ0) is 21.7. The number of aryl methyl sites for hydroxylation is 4. The molecule has 0 atom stereocenters. The summed E-state index contributed by atoms with van der Waals surface area (Å²) in [6.45, 7) is 14.0. The van der Waals surface area contributed by atoms with Crippen LogP contribution in [0.15, 0.2) is 47.3 Å². The van der Waals surface area contributed by atoms with Gasteiger partial charge in [-0.2, -0.15) is 5.10 Å². The van der Waals surface area contributed by atoms with Gasteiger partial charge in [0.25, 0.3) is 12.1 Å². The van der Waals surface area contributed by atoms with Gasteiger partial charge < -0.3 is 9.58 Å². The summed E-state index contributed by atoms with van der Waals surface area (Å²) >= 11 is 0. The lowest BCUT2D eigenvalue weighted by molar-refractivity contribution is 0.300. The summed E-state index contributed by atoms with van der Waals surface area (Å²) in [6.07, 6.45) is 1.59. The van der Waals surface area contributed by atoms with E-state index >= 15 is 0 Å². The fourth-order valence-electron chi connectivity index (χ4n) is 3.78. The summed E-state index contributed by atoms with van der Waals surface area (Å²) in [7, 11) is 1.63. The molecular weight excluding hydrogens is 374 g/mol. The molecule has 0 radical (unpaired) electrons. The van der Waals surface area contributed by atoms with E-state index in [9.17, 15) is 4.79 Å². The van der Waals surface area contributed by atoms with Crippen LogP contribution in [0.2, 0.25) is 0 Å². The van der Waals surface area contributed by atoms with E-state index in [1.165, 1.54) is 10.2 Å². The molecule has 1 heterocycles. The highest BCUT2D eigenvalue weighted by Gasteiger charge is 2.24. The first-order valence-corrected chi connectivity index (χ1v) is 10.2. The lowest BCUT2D eigenvalue weighted by Gasteiger charge is -2.19. The van der Waals surface area contributed by atoms with Gasteiger partial charge in [0.05, 0.1) is 5.56 Å². The van der Waals surface area contributed by atoms with Crippen LogP contribution in [0.25, 0.3) is 16.0 Å². The second kappa shape index (κ2) is 9.41. The van der Waals surface area contributed by atoms with Gasteiger partial charge in [-0.15, -0.1) is 0 Å². The van der Waals surface area contributed by atoms with Crippen molar-refractivity contribution in [2.75, 3.05) is 0 Å². The molecule has 0 aliphatic rings. The van der Waals surface area contributed by atoms with Crippen molar-refractivity contribution in [2.45, 2.75) is 46.8 Å². The molecule has 0 fully saturated rings. The van der Waals surface area contributed by atoms with Crippen molar-refractivity contribution >= 4 is 0 Å². The minimum absolute atomic E-state index is 0.0556. The number of aromatic nitrogens is 2. The summed E-state index contributed by atoms with van der Waals surface area (Å²) in [5.41, 5.74) is 6.09. The van der Waals surface area contributed by atoms with Gasteiger partial charge in [-0.05, 0) is 42.0 Å². The largest absolute Gasteiger partial charge is 0.486 e. The molecule has 2 aromatic carbocycles. The maximum atomic E-state index is 13.3. The molecule has 3 rings (SSSR count). The van der Waals surface area contributed by atoms with Crippen LogP contribution in [-0.4, -0.2) is 9.78 Å². The Hall–Kier alpha value is -3.39. The van der Waals surface area contributed by atoms with Gasteiger partial charge in [0.15, 0.2) is 11.4 Å². The highest BCUT2D eigenvalue weighted by Crippen LogP contribution is 2.36. The molecule has 0 saturated heterocycles. The molecule has 0 amide bonds. The fourth-order valence-corrected chi connectivity index (χ4v) is 3.78. The molecule has 5 nitrogen and oxygen atoms in total. The van der Waals surface area contributed by atoms with Crippen molar-refractivity contribution in [2.24, 2.45) is 7.05 Å². The second-order valence-electron chi connectivity index (χ2n) is 7.34. The van der Waals surface area contributed by atoms with Crippen molar-refractivity contribution in [1.82, 2.24) is 9.78 Å². The number of hydrogen-bond donors (Lipinski definition) is 0. The summed E-state index contributed by atoms with van der Waals surface area (Å²) in [5, 5.41) is 4.35. The van der Waals surface area contributed by atoms with Crippen LogP contribution in [0.3, 0.4) is 0 Å². The van der Waals surface area contributed by atoms with Gasteiger partial charge >= 0.3 is 0 Å². The first kappa shape index (κ1) is 21.3. The van der Waals surface area contributed by atoms with Crippen LogP contribution in [0.5, 0.6) is 5.75 Å². The van der Waals surface area contributed by atoms with Crippen LogP contribution in [0.1, 0.15) is 41.8 Å². The Bertz CT molecular complexity index is 1120. The van der Waals surface area contributed by atoms with Crippen molar-refractivity contribution in [3.63, 3.8) is 0 Å². The molecule has 1 aromatic heterocycles. The summed E-state index contributed by atoms with van der Waals surface area (Å²) < 4.78 is 7.53. The van der Waals surface area contributed by atoms with Gasteiger partial charge in [0, 0.05) is 7.05 Å². The molecule has 3 aromatic rings. The molecular formula is C25H27N3O2. The topological polar surface area (TPSA) is 48.5 Å². The smallest absolute Gasteiger partial charge is 0.278 e. The van der Waals surface area contributed by atoms with E-state index in [1.807, 2.05) is 30.3 Å². The summed E-state index contributed by atoms with van der Waals surface area (Å²) in [5.74, 6) is 0.422. The van der Waals surface area contributed by atoms with Crippen LogP contribution in [0.4, 0.5) is 0 Å². The Kier molecular flexibility index (Phi) is 6.68. The summed E-state index contributed by atoms with van der Waals surface area (Å²) in [6, 6.07) is 14.1. The minimum atomic E-state index is -0.208. The Balaban J connectivity index is 2.28. The number of hydrogen-bond acceptors (Lipinski definition) is 3. The second-order valence-corrected chi connectivity index (χ2v) is 7.34. The Morgan fingerprint density at radius 3 is 2.27 bits per heavy atom. The zero-order valence-electron chi connectivity index (χ0n) is 18.0. The quantitative estimate of drug-likeness (QED) is 0.530. The van der Waals surface area contributed by atoms with Crippen molar-refractivity contribution in [3.05, 3.63) is 92.2 Å². The third-order valence-electron chi connectivity index (χ3n) is 5.18. The lowest BCUT2D eigenvalue weighted by Crippen LogP contribution is -2.25. The fraction of sp³-hybridized carbons (Fsp3) is 0.320. The van der Waals surface area contributed by atoms with Gasteiger partial charge in [0.2, 0.25) is 0 Å². The Morgan fingerprint density at radius 1 is 1.07 bits per heavy atom. The lowest BCUT2D eigenvalue weighted by atomic mass is 9.90. The molecule has 0 unspecified atom stereocenters. The van der Waals surface area contributed by atoms with Crippen LogP contribution >= 0.6 is 0 Å². The highest BCUT2D eigenvalue weighted by molar-refractivity contribution is 5.77. The van der Waals surface area contributed by atoms with E-state index in [0.29, 0.717) is 23.6 Å². The van der Waals surface area contributed by atoms with Crippen molar-refractivity contribution < 1.29 is 4.74 Å². The Labute approximate surface area is 177 Å². The molecule has 30 heavy (non-hydrogen) atoms.